The molecular formula is C15H17N3O3. The highest BCUT2D eigenvalue weighted by atomic mass is 16.5. The van der Waals surface area contributed by atoms with E-state index in [-0.39, 0.29) is 11.5 Å². The van der Waals surface area contributed by atoms with Crippen molar-refractivity contribution in [3.05, 3.63) is 52.4 Å². The minimum atomic E-state index is -0.347. The lowest BCUT2D eigenvalue weighted by molar-refractivity contribution is 0.102. The van der Waals surface area contributed by atoms with Crippen LogP contribution in [-0.2, 0) is 6.54 Å². The van der Waals surface area contributed by atoms with Crippen molar-refractivity contribution in [2.75, 3.05) is 18.2 Å². The van der Waals surface area contributed by atoms with E-state index in [4.69, 9.17) is 10.5 Å². The topological polar surface area (TPSA) is 86.3 Å². The zero-order valence-corrected chi connectivity index (χ0v) is 11.9. The molecule has 6 nitrogen and oxygen atoms in total. The van der Waals surface area contributed by atoms with Crippen LogP contribution in [0.3, 0.4) is 0 Å². The minimum Gasteiger partial charge on any atom is -0.496 e. The molecule has 0 saturated carbocycles. The highest BCUT2D eigenvalue weighted by molar-refractivity contribution is 6.06. The maximum atomic E-state index is 12.3. The van der Waals surface area contributed by atoms with Gasteiger partial charge in [-0.25, -0.2) is 0 Å². The van der Waals surface area contributed by atoms with Crippen molar-refractivity contribution < 1.29 is 9.53 Å². The van der Waals surface area contributed by atoms with Gasteiger partial charge >= 0.3 is 0 Å². The van der Waals surface area contributed by atoms with Crippen molar-refractivity contribution in [1.82, 2.24) is 4.57 Å². The van der Waals surface area contributed by atoms with Crippen LogP contribution in [0.5, 0.6) is 5.75 Å². The second-order valence-electron chi connectivity index (χ2n) is 4.46. The highest BCUT2D eigenvalue weighted by Gasteiger charge is 2.13. The fourth-order valence-electron chi connectivity index (χ4n) is 1.95. The van der Waals surface area contributed by atoms with E-state index in [0.717, 1.165) is 0 Å². The molecule has 1 heterocycles. The number of amides is 1. The number of nitrogens with one attached hydrogen (secondary N) is 1. The molecule has 0 aliphatic heterocycles. The fourth-order valence-corrected chi connectivity index (χ4v) is 1.95. The number of carbonyl (C=O) groups is 1. The summed E-state index contributed by atoms with van der Waals surface area (Å²) in [5.41, 5.74) is 6.93. The monoisotopic (exact) mass is 287 g/mol. The molecule has 1 amide bonds. The average molecular weight is 287 g/mol. The van der Waals surface area contributed by atoms with Crippen LogP contribution in [0.1, 0.15) is 17.3 Å². The molecule has 1 aromatic heterocycles. The number of hydrogen-bond acceptors (Lipinski definition) is 4. The number of methoxy groups -OCH3 is 1. The Morgan fingerprint density at radius 3 is 2.76 bits per heavy atom. The Kier molecular flexibility index (Phi) is 4.27. The second-order valence-corrected chi connectivity index (χ2v) is 4.46. The molecule has 0 bridgehead atoms. The molecule has 0 spiro atoms. The van der Waals surface area contributed by atoms with Crippen LogP contribution >= 0.6 is 0 Å². The normalized spacial score (nSPS) is 10.2. The van der Waals surface area contributed by atoms with E-state index in [9.17, 15) is 9.59 Å². The average Bonchev–Trinajstić information content (AvgIpc) is 2.49. The first kappa shape index (κ1) is 14.6. The van der Waals surface area contributed by atoms with Gasteiger partial charge in [0.1, 0.15) is 5.75 Å². The third-order valence-electron chi connectivity index (χ3n) is 3.05. The Labute approximate surface area is 122 Å². The van der Waals surface area contributed by atoms with E-state index >= 15 is 0 Å². The summed E-state index contributed by atoms with van der Waals surface area (Å²) in [7, 11) is 1.49. The van der Waals surface area contributed by atoms with Gasteiger partial charge in [-0.2, -0.15) is 0 Å². The van der Waals surface area contributed by atoms with Crippen molar-refractivity contribution >= 4 is 17.3 Å². The first-order valence-electron chi connectivity index (χ1n) is 6.50. The summed E-state index contributed by atoms with van der Waals surface area (Å²) in [5, 5.41) is 2.73. The minimum absolute atomic E-state index is 0.114. The van der Waals surface area contributed by atoms with Gasteiger partial charge in [0.2, 0.25) is 0 Å². The second kappa shape index (κ2) is 6.13. The van der Waals surface area contributed by atoms with Gasteiger partial charge in [-0.15, -0.1) is 0 Å². The standard InChI is InChI=1S/C15H17N3O3/c1-3-18-9-11(5-7-14(18)19)17-15(20)12-8-10(16)4-6-13(12)21-2/h4-9H,3,16H2,1-2H3,(H,17,20). The van der Waals surface area contributed by atoms with Crippen LogP contribution < -0.4 is 21.3 Å². The lowest BCUT2D eigenvalue weighted by atomic mass is 10.1. The molecule has 0 atom stereocenters. The van der Waals surface area contributed by atoms with Gasteiger partial charge in [-0.05, 0) is 31.2 Å². The summed E-state index contributed by atoms with van der Waals surface area (Å²) >= 11 is 0. The molecule has 0 radical (unpaired) electrons. The Balaban J connectivity index is 2.30. The van der Waals surface area contributed by atoms with Crippen molar-refractivity contribution in [2.45, 2.75) is 13.5 Å². The maximum absolute atomic E-state index is 12.3. The lowest BCUT2D eigenvalue weighted by Crippen LogP contribution is -2.20. The number of pyridine rings is 1. The van der Waals surface area contributed by atoms with E-state index in [1.165, 1.54) is 17.7 Å². The highest BCUT2D eigenvalue weighted by Crippen LogP contribution is 2.22. The van der Waals surface area contributed by atoms with Crippen molar-refractivity contribution in [1.29, 1.82) is 0 Å². The first-order chi connectivity index (χ1) is 10.0. The number of carbonyl (C=O) groups excluding carboxylic acids is 1. The van der Waals surface area contributed by atoms with E-state index in [0.29, 0.717) is 29.2 Å². The van der Waals surface area contributed by atoms with Gasteiger partial charge in [-0.3, -0.25) is 9.59 Å². The van der Waals surface area contributed by atoms with Crippen molar-refractivity contribution in [2.24, 2.45) is 0 Å². The predicted octanol–water partition coefficient (Wildman–Crippen LogP) is 1.71. The quantitative estimate of drug-likeness (QED) is 0.838. The van der Waals surface area contributed by atoms with Gasteiger partial charge < -0.3 is 20.4 Å². The Morgan fingerprint density at radius 2 is 2.10 bits per heavy atom. The van der Waals surface area contributed by atoms with Gasteiger partial charge in [0, 0.05) is 24.5 Å². The molecule has 2 aromatic rings. The number of benzene rings is 1. The van der Waals surface area contributed by atoms with E-state index in [1.54, 1.807) is 30.5 Å². The Morgan fingerprint density at radius 1 is 1.33 bits per heavy atom. The summed E-state index contributed by atoms with van der Waals surface area (Å²) in [6, 6.07) is 7.81. The number of anilines is 2. The third kappa shape index (κ3) is 3.22. The fraction of sp³-hybridized carbons (Fsp3) is 0.200. The van der Waals surface area contributed by atoms with Gasteiger partial charge in [0.05, 0.1) is 18.4 Å². The molecular weight excluding hydrogens is 270 g/mol. The maximum Gasteiger partial charge on any atom is 0.259 e. The van der Waals surface area contributed by atoms with Crippen molar-refractivity contribution in [3.8, 4) is 5.75 Å². The number of nitrogen functional groups attached to an aromatic ring is 1. The molecule has 6 heteroatoms. The molecule has 0 fully saturated rings. The van der Waals surface area contributed by atoms with Crippen LogP contribution in [0.25, 0.3) is 0 Å². The molecule has 1 aromatic carbocycles. The van der Waals surface area contributed by atoms with Gasteiger partial charge in [0.25, 0.3) is 11.5 Å². The summed E-state index contributed by atoms with van der Waals surface area (Å²) in [5.74, 6) is 0.0889. The van der Waals surface area contributed by atoms with Crippen LogP contribution in [0.15, 0.2) is 41.3 Å². The zero-order chi connectivity index (χ0) is 15.4. The molecule has 0 saturated heterocycles. The third-order valence-corrected chi connectivity index (χ3v) is 3.05. The smallest absolute Gasteiger partial charge is 0.259 e. The Bertz CT molecular complexity index is 722. The van der Waals surface area contributed by atoms with Gasteiger partial charge in [-0.1, -0.05) is 0 Å². The van der Waals surface area contributed by atoms with Crippen LogP contribution in [0.4, 0.5) is 11.4 Å². The molecule has 0 aliphatic rings. The SMILES string of the molecule is CCn1cc(NC(=O)c2cc(N)ccc2OC)ccc1=O. The number of nitrogens with zero attached hydrogens (tertiary/aromatic N) is 1. The molecule has 3 N–H and O–H groups in total. The largest absolute Gasteiger partial charge is 0.496 e. The van der Waals surface area contributed by atoms with Crippen LogP contribution in [0.2, 0.25) is 0 Å². The summed E-state index contributed by atoms with van der Waals surface area (Å²) in [6.45, 7) is 2.39. The first-order valence-corrected chi connectivity index (χ1v) is 6.50. The summed E-state index contributed by atoms with van der Waals surface area (Å²) < 4.78 is 6.66. The van der Waals surface area contributed by atoms with Crippen LogP contribution in [-0.4, -0.2) is 17.6 Å². The van der Waals surface area contributed by atoms with Gasteiger partial charge in [0.15, 0.2) is 0 Å². The molecule has 2 rings (SSSR count). The number of aromatic nitrogens is 1. The van der Waals surface area contributed by atoms with E-state index < -0.39 is 0 Å². The number of rotatable bonds is 4. The number of aryl methyl sites for hydroxylation is 1. The molecule has 21 heavy (non-hydrogen) atoms. The number of ether oxygens (including phenoxy) is 1. The lowest BCUT2D eigenvalue weighted by Gasteiger charge is -2.11. The van der Waals surface area contributed by atoms with Crippen LogP contribution in [0, 0.1) is 0 Å². The molecule has 0 unspecified atom stereocenters. The Hall–Kier alpha value is -2.76. The zero-order valence-electron chi connectivity index (χ0n) is 11.9. The summed E-state index contributed by atoms with van der Waals surface area (Å²) in [4.78, 5) is 23.8. The molecule has 110 valence electrons. The van der Waals surface area contributed by atoms with Crippen molar-refractivity contribution in [3.63, 3.8) is 0 Å². The molecule has 0 aliphatic carbocycles. The predicted molar refractivity (Wildman–Crippen MR) is 81.7 cm³/mol. The number of hydrogen-bond donors (Lipinski definition) is 2. The number of nitrogens with two attached hydrogens (primary N) is 1. The summed E-state index contributed by atoms with van der Waals surface area (Å²) in [6.07, 6.45) is 1.60. The van der Waals surface area contributed by atoms with E-state index in [2.05, 4.69) is 5.32 Å². The van der Waals surface area contributed by atoms with E-state index in [1.807, 2.05) is 6.92 Å².